The fourth-order valence-electron chi connectivity index (χ4n) is 8.45. The second-order valence-electron chi connectivity index (χ2n) is 15.8. The summed E-state index contributed by atoms with van der Waals surface area (Å²) in [6.45, 7) is 9.94. The zero-order valence-corrected chi connectivity index (χ0v) is 34.4. The van der Waals surface area contributed by atoms with E-state index in [2.05, 4.69) is 30.5 Å². The van der Waals surface area contributed by atoms with Gasteiger partial charge < -0.3 is 35.2 Å². The molecule has 312 valence electrons. The average molecular weight is 849 g/mol. The Morgan fingerprint density at radius 2 is 1.80 bits per heavy atom. The zero-order valence-electron chi connectivity index (χ0n) is 32.8. The van der Waals surface area contributed by atoms with Gasteiger partial charge in [-0.15, -0.1) is 0 Å². The summed E-state index contributed by atoms with van der Waals surface area (Å²) in [5.41, 5.74) is 10.6. The Morgan fingerprint density at radius 1 is 1.02 bits per heavy atom. The van der Waals surface area contributed by atoms with Crippen LogP contribution in [0, 0.1) is 11.7 Å². The van der Waals surface area contributed by atoms with Crippen molar-refractivity contribution in [3.05, 3.63) is 87.5 Å². The van der Waals surface area contributed by atoms with Crippen LogP contribution in [0.4, 0.5) is 15.9 Å². The Hall–Kier alpha value is -4.80. The number of piperidine rings is 2. The lowest BCUT2D eigenvalue weighted by molar-refractivity contribution is -0.136. The first-order chi connectivity index (χ1) is 28.5. The molecule has 2 atom stereocenters. The second kappa shape index (κ2) is 17.8. The van der Waals surface area contributed by atoms with Crippen molar-refractivity contribution in [3.8, 4) is 16.9 Å². The number of carbonyl (C=O) groups is 3. The first-order valence-corrected chi connectivity index (χ1v) is 20.9. The van der Waals surface area contributed by atoms with Crippen LogP contribution < -0.4 is 21.1 Å². The molecular formula is C42H48Cl2FN9O5. The lowest BCUT2D eigenvalue weighted by Crippen LogP contribution is -2.52. The van der Waals surface area contributed by atoms with Gasteiger partial charge in [0.15, 0.2) is 11.6 Å². The maximum absolute atomic E-state index is 14.1. The molecular weight excluding hydrogens is 800 g/mol. The van der Waals surface area contributed by atoms with Crippen LogP contribution in [0.3, 0.4) is 0 Å². The molecule has 3 fully saturated rings. The number of nitrogens with one attached hydrogen (secondary N) is 2. The van der Waals surface area contributed by atoms with Crippen molar-refractivity contribution in [1.82, 2.24) is 34.8 Å². The van der Waals surface area contributed by atoms with Gasteiger partial charge in [-0.2, -0.15) is 5.10 Å². The van der Waals surface area contributed by atoms with Crippen molar-refractivity contribution in [1.29, 1.82) is 0 Å². The number of likely N-dealkylation sites (tertiary alicyclic amines) is 2. The summed E-state index contributed by atoms with van der Waals surface area (Å²) in [6.07, 6.45) is 7.39. The summed E-state index contributed by atoms with van der Waals surface area (Å²) in [5, 5.41) is 10.8. The third-order valence-corrected chi connectivity index (χ3v) is 12.6. The molecule has 0 bridgehead atoms. The van der Waals surface area contributed by atoms with E-state index in [1.54, 1.807) is 24.1 Å². The largest absolute Gasteiger partial charge is 0.482 e. The van der Waals surface area contributed by atoms with Crippen LogP contribution in [-0.4, -0.2) is 112 Å². The van der Waals surface area contributed by atoms with Crippen molar-refractivity contribution < 1.29 is 28.2 Å². The van der Waals surface area contributed by atoms with Gasteiger partial charge in [0.1, 0.15) is 18.0 Å². The zero-order chi connectivity index (χ0) is 41.2. The Morgan fingerprint density at radius 3 is 2.58 bits per heavy atom. The van der Waals surface area contributed by atoms with E-state index in [4.69, 9.17) is 38.4 Å². The van der Waals surface area contributed by atoms with Crippen LogP contribution in [0.1, 0.15) is 66.2 Å². The molecule has 0 radical (unpaired) electrons. The van der Waals surface area contributed by atoms with Crippen LogP contribution in [0.15, 0.2) is 55.0 Å². The van der Waals surface area contributed by atoms with Gasteiger partial charge in [0, 0.05) is 116 Å². The van der Waals surface area contributed by atoms with Crippen molar-refractivity contribution in [2.45, 2.75) is 57.3 Å². The molecule has 8 rings (SSSR count). The lowest BCUT2D eigenvalue weighted by atomic mass is 9.99. The van der Waals surface area contributed by atoms with Gasteiger partial charge in [0.25, 0.3) is 5.91 Å². The number of nitrogens with zero attached hydrogens (tertiary/aromatic N) is 6. The number of amides is 3. The molecule has 4 aliphatic rings. The number of carbonyl (C=O) groups excluding carboxylic acids is 3. The van der Waals surface area contributed by atoms with Gasteiger partial charge in [-0.1, -0.05) is 29.3 Å². The average Bonchev–Trinajstić information content (AvgIpc) is 3.83. The van der Waals surface area contributed by atoms with Gasteiger partial charge in [-0.3, -0.25) is 24.4 Å². The number of aromatic nitrogens is 3. The molecule has 0 spiro atoms. The second-order valence-corrected chi connectivity index (χ2v) is 16.5. The fourth-order valence-corrected chi connectivity index (χ4v) is 9.13. The van der Waals surface area contributed by atoms with Gasteiger partial charge >= 0.3 is 0 Å². The number of benzene rings is 2. The highest BCUT2D eigenvalue weighted by Crippen LogP contribution is 2.38. The van der Waals surface area contributed by atoms with Crippen LogP contribution in [0.2, 0.25) is 10.0 Å². The fraction of sp³-hybridized carbons (Fsp3) is 0.452. The van der Waals surface area contributed by atoms with Gasteiger partial charge in [0.2, 0.25) is 11.8 Å². The molecule has 4 aromatic rings. The molecule has 3 amide bonds. The van der Waals surface area contributed by atoms with Crippen LogP contribution in [-0.2, 0) is 20.9 Å². The quantitative estimate of drug-likeness (QED) is 0.0780. The van der Waals surface area contributed by atoms with Crippen LogP contribution >= 0.6 is 23.2 Å². The van der Waals surface area contributed by atoms with Crippen LogP contribution in [0.25, 0.3) is 11.1 Å². The van der Waals surface area contributed by atoms with Crippen molar-refractivity contribution in [2.75, 3.05) is 70.1 Å². The standard InChI is InChI=1S/C42H48Cl2FN9O5/c1-25(38-32(43)5-6-33(45)39(38)44)59-36-17-27(19-48-40(36)46)28-20-49-54(23-28)29-9-11-51(12-10-29)13-15-58-16-14-52-21-26(22-52)18-47-34-4-2-3-30-31(34)24-53(42(30)57)35-7-8-37(55)50-41(35)56/h2-6,17,19-20,23,25-26,29,35,47H,7-16,18,21-22,24H2,1H3,(H2,46,48)(H,50,55,56)/t25-,35?/m0/s1. The highest BCUT2D eigenvalue weighted by atomic mass is 35.5. The molecule has 4 N–H and O–H groups in total. The third kappa shape index (κ3) is 9.04. The number of nitrogen functional groups attached to an aromatic ring is 1. The van der Waals surface area contributed by atoms with Gasteiger partial charge in [0.05, 0.1) is 30.5 Å². The van der Waals surface area contributed by atoms with E-state index in [0.717, 1.165) is 81.0 Å². The number of fused-ring (bicyclic) bond motifs is 1. The van der Waals surface area contributed by atoms with E-state index in [0.29, 0.717) is 54.0 Å². The maximum atomic E-state index is 14.1. The molecule has 0 aliphatic carbocycles. The summed E-state index contributed by atoms with van der Waals surface area (Å²) < 4.78 is 28.3. The SMILES string of the molecule is C[C@H](Oc1cc(-c2cnn(C3CCN(CCOCCN4CC(CNc5cccc6c5CN(C5CCC(=O)NC5=O)C6=O)C4)CC3)c2)cnc1N)c1c(Cl)ccc(F)c1Cl. The number of pyridine rings is 1. The van der Waals surface area contributed by atoms with E-state index in [1.807, 2.05) is 35.3 Å². The van der Waals surface area contributed by atoms with Crippen molar-refractivity contribution >= 4 is 52.4 Å². The number of nitrogens with two attached hydrogens (primary N) is 1. The first kappa shape index (κ1) is 41.0. The topological polar surface area (TPSA) is 160 Å². The van der Waals surface area contributed by atoms with Crippen LogP contribution in [0.5, 0.6) is 5.75 Å². The maximum Gasteiger partial charge on any atom is 0.255 e. The molecule has 0 saturated carbocycles. The minimum absolute atomic E-state index is 0.0890. The number of rotatable bonds is 15. The lowest BCUT2D eigenvalue weighted by Gasteiger charge is -2.39. The monoisotopic (exact) mass is 847 g/mol. The number of imide groups is 1. The molecule has 2 aromatic carbocycles. The Bertz CT molecular complexity index is 2210. The smallest absolute Gasteiger partial charge is 0.255 e. The molecule has 14 nitrogen and oxygen atoms in total. The van der Waals surface area contributed by atoms with E-state index >= 15 is 0 Å². The van der Waals surface area contributed by atoms with E-state index in [9.17, 15) is 18.8 Å². The number of hydrogen-bond donors (Lipinski definition) is 3. The molecule has 1 unspecified atom stereocenters. The molecule has 3 saturated heterocycles. The number of hydrogen-bond acceptors (Lipinski definition) is 11. The molecule has 59 heavy (non-hydrogen) atoms. The van der Waals surface area contributed by atoms with Gasteiger partial charge in [-0.05, 0) is 56.5 Å². The summed E-state index contributed by atoms with van der Waals surface area (Å²) in [7, 11) is 0. The van der Waals surface area contributed by atoms with E-state index in [1.165, 1.54) is 12.1 Å². The number of halogens is 3. The molecule has 2 aromatic heterocycles. The van der Waals surface area contributed by atoms with E-state index < -0.39 is 23.9 Å². The Labute approximate surface area is 352 Å². The Balaban J connectivity index is 0.719. The summed E-state index contributed by atoms with van der Waals surface area (Å²) in [6, 6.07) is 9.79. The van der Waals surface area contributed by atoms with E-state index in [-0.39, 0.29) is 35.1 Å². The number of anilines is 2. The summed E-state index contributed by atoms with van der Waals surface area (Å²) in [5.74, 6) is -0.390. The highest BCUT2D eigenvalue weighted by Gasteiger charge is 2.40. The summed E-state index contributed by atoms with van der Waals surface area (Å²) >= 11 is 12.5. The predicted octanol–water partition coefficient (Wildman–Crippen LogP) is 5.57. The minimum atomic E-state index is -0.672. The first-order valence-electron chi connectivity index (χ1n) is 20.1. The molecule has 4 aliphatic heterocycles. The summed E-state index contributed by atoms with van der Waals surface area (Å²) in [4.78, 5) is 47.9. The van der Waals surface area contributed by atoms with Gasteiger partial charge in [-0.25, -0.2) is 9.37 Å². The molecule has 17 heteroatoms. The Kier molecular flexibility index (Phi) is 12.4. The minimum Gasteiger partial charge on any atom is -0.482 e. The molecule has 6 heterocycles. The third-order valence-electron chi connectivity index (χ3n) is 11.8. The normalized spacial score (nSPS) is 19.8. The van der Waals surface area contributed by atoms with Crippen molar-refractivity contribution in [2.24, 2.45) is 5.92 Å². The highest BCUT2D eigenvalue weighted by molar-refractivity contribution is 6.36. The number of ether oxygens (including phenoxy) is 2. The van der Waals surface area contributed by atoms with Crippen molar-refractivity contribution in [3.63, 3.8) is 0 Å². The predicted molar refractivity (Wildman–Crippen MR) is 222 cm³/mol.